The van der Waals surface area contributed by atoms with E-state index in [1.165, 1.54) is 12.1 Å². The largest absolute Gasteiger partial charge is 0.481 e. The fourth-order valence-electron chi connectivity index (χ4n) is 2.45. The molecular formula is C19H22N2O5S. The van der Waals surface area contributed by atoms with Gasteiger partial charge in [-0.1, -0.05) is 31.2 Å². The van der Waals surface area contributed by atoms with Gasteiger partial charge in [-0.15, -0.1) is 0 Å². The van der Waals surface area contributed by atoms with Crippen molar-refractivity contribution in [1.82, 2.24) is 0 Å². The molecule has 0 saturated heterocycles. The Labute approximate surface area is 158 Å². The molecule has 0 aliphatic heterocycles. The molecule has 0 saturated carbocycles. The molecule has 27 heavy (non-hydrogen) atoms. The van der Waals surface area contributed by atoms with E-state index in [9.17, 15) is 18.0 Å². The predicted octanol–water partition coefficient (Wildman–Crippen LogP) is 3.28. The van der Waals surface area contributed by atoms with Crippen LogP contribution in [0.4, 0.5) is 11.4 Å². The van der Waals surface area contributed by atoms with E-state index >= 15 is 0 Å². The number of anilines is 2. The first kappa shape index (κ1) is 20.4. The van der Waals surface area contributed by atoms with Crippen LogP contribution >= 0.6 is 0 Å². The molecule has 2 aromatic rings. The second-order valence-electron chi connectivity index (χ2n) is 6.10. The molecule has 0 aliphatic carbocycles. The minimum absolute atomic E-state index is 0.0355. The van der Waals surface area contributed by atoms with Gasteiger partial charge in [0.2, 0.25) is 10.0 Å². The highest BCUT2D eigenvalue weighted by Crippen LogP contribution is 2.21. The van der Waals surface area contributed by atoms with Crippen molar-refractivity contribution in [3.8, 4) is 0 Å². The Morgan fingerprint density at radius 2 is 1.70 bits per heavy atom. The van der Waals surface area contributed by atoms with Crippen molar-refractivity contribution in [2.45, 2.75) is 26.2 Å². The van der Waals surface area contributed by atoms with Gasteiger partial charge in [0.15, 0.2) is 0 Å². The zero-order chi connectivity index (χ0) is 20.0. The van der Waals surface area contributed by atoms with Gasteiger partial charge in [0.05, 0.1) is 22.9 Å². The summed E-state index contributed by atoms with van der Waals surface area (Å²) in [5.41, 5.74) is 1.50. The summed E-state index contributed by atoms with van der Waals surface area (Å²) in [6.45, 7) is 3.33. The zero-order valence-corrected chi connectivity index (χ0v) is 15.9. The monoisotopic (exact) mass is 390 g/mol. The fraction of sp³-hybridized carbons (Fsp3) is 0.263. The number of rotatable bonds is 8. The Balaban J connectivity index is 2.18. The standard InChI is InChI=1S/C19H22N2O5S/c1-3-12-27(25,26)21-17-7-5-4-6-16(17)18(22)20-15-10-8-14(9-11-15)13(2)19(23)24/h4-11,13,21H,3,12H2,1-2H3,(H,20,22)(H,23,24). The number of hydrogen-bond donors (Lipinski definition) is 3. The van der Waals surface area contributed by atoms with Gasteiger partial charge in [0, 0.05) is 5.69 Å². The summed E-state index contributed by atoms with van der Waals surface area (Å²) >= 11 is 0. The van der Waals surface area contributed by atoms with Crippen LogP contribution in [0.1, 0.15) is 42.1 Å². The third kappa shape index (κ3) is 5.55. The minimum atomic E-state index is -3.52. The van der Waals surface area contributed by atoms with Crippen molar-refractivity contribution in [3.05, 3.63) is 59.7 Å². The van der Waals surface area contributed by atoms with Crippen molar-refractivity contribution in [2.24, 2.45) is 0 Å². The second-order valence-corrected chi connectivity index (χ2v) is 7.94. The molecule has 7 nitrogen and oxygen atoms in total. The van der Waals surface area contributed by atoms with Crippen LogP contribution in [0.2, 0.25) is 0 Å². The Bertz CT molecular complexity index is 923. The second kappa shape index (κ2) is 8.68. The van der Waals surface area contributed by atoms with Crippen LogP contribution in [0.5, 0.6) is 0 Å². The van der Waals surface area contributed by atoms with E-state index in [0.717, 1.165) is 0 Å². The van der Waals surface area contributed by atoms with Crippen LogP contribution in [0, 0.1) is 0 Å². The van der Waals surface area contributed by atoms with Gasteiger partial charge in [-0.3, -0.25) is 14.3 Å². The number of carboxylic acids is 1. The minimum Gasteiger partial charge on any atom is -0.481 e. The number of para-hydroxylation sites is 1. The van der Waals surface area contributed by atoms with Crippen molar-refractivity contribution >= 4 is 33.3 Å². The third-order valence-electron chi connectivity index (χ3n) is 3.95. The van der Waals surface area contributed by atoms with Gasteiger partial charge in [-0.05, 0) is 43.2 Å². The molecule has 0 radical (unpaired) electrons. The van der Waals surface area contributed by atoms with Crippen molar-refractivity contribution in [1.29, 1.82) is 0 Å². The summed E-state index contributed by atoms with van der Waals surface area (Å²) in [5.74, 6) is -2.08. The smallest absolute Gasteiger partial charge is 0.310 e. The third-order valence-corrected chi connectivity index (χ3v) is 5.43. The van der Waals surface area contributed by atoms with Gasteiger partial charge < -0.3 is 10.4 Å². The van der Waals surface area contributed by atoms with E-state index in [1.807, 2.05) is 0 Å². The van der Waals surface area contributed by atoms with Crippen LogP contribution in [0.15, 0.2) is 48.5 Å². The lowest BCUT2D eigenvalue weighted by atomic mass is 10.0. The van der Waals surface area contributed by atoms with E-state index in [-0.39, 0.29) is 17.0 Å². The zero-order valence-electron chi connectivity index (χ0n) is 15.1. The number of nitrogens with one attached hydrogen (secondary N) is 2. The summed E-state index contributed by atoms with van der Waals surface area (Å²) in [5, 5.41) is 11.7. The van der Waals surface area contributed by atoms with E-state index in [1.54, 1.807) is 50.2 Å². The lowest BCUT2D eigenvalue weighted by Gasteiger charge is -2.13. The predicted molar refractivity (Wildman–Crippen MR) is 105 cm³/mol. The number of hydrogen-bond acceptors (Lipinski definition) is 4. The lowest BCUT2D eigenvalue weighted by molar-refractivity contribution is -0.138. The average Bonchev–Trinajstić information content (AvgIpc) is 2.61. The molecule has 1 amide bonds. The molecule has 2 aromatic carbocycles. The molecule has 0 spiro atoms. The number of carbonyl (C=O) groups excluding carboxylic acids is 1. The molecule has 1 atom stereocenters. The van der Waals surface area contributed by atoms with Crippen molar-refractivity contribution in [3.63, 3.8) is 0 Å². The highest BCUT2D eigenvalue weighted by atomic mass is 32.2. The topological polar surface area (TPSA) is 113 Å². The summed E-state index contributed by atoms with van der Waals surface area (Å²) < 4.78 is 26.4. The summed E-state index contributed by atoms with van der Waals surface area (Å²) in [6.07, 6.45) is 0.463. The molecule has 0 heterocycles. The molecule has 0 bridgehead atoms. The van der Waals surface area contributed by atoms with Crippen LogP contribution in [-0.2, 0) is 14.8 Å². The van der Waals surface area contributed by atoms with Gasteiger partial charge in [-0.2, -0.15) is 0 Å². The molecule has 0 aliphatic rings. The van der Waals surface area contributed by atoms with E-state index in [4.69, 9.17) is 5.11 Å². The maximum atomic E-state index is 12.6. The number of sulfonamides is 1. The van der Waals surface area contributed by atoms with Crippen molar-refractivity contribution in [2.75, 3.05) is 15.8 Å². The van der Waals surface area contributed by atoms with E-state index in [2.05, 4.69) is 10.0 Å². The Morgan fingerprint density at radius 1 is 1.07 bits per heavy atom. The summed E-state index contributed by atoms with van der Waals surface area (Å²) in [6, 6.07) is 12.8. The first-order chi connectivity index (χ1) is 12.7. The first-order valence-corrected chi connectivity index (χ1v) is 10.1. The Kier molecular flexibility index (Phi) is 6.57. The number of aliphatic carboxylic acids is 1. The van der Waals surface area contributed by atoms with Crippen LogP contribution < -0.4 is 10.0 Å². The number of benzene rings is 2. The maximum absolute atomic E-state index is 12.6. The van der Waals surface area contributed by atoms with E-state index in [0.29, 0.717) is 17.7 Å². The van der Waals surface area contributed by atoms with Gasteiger partial charge in [0.1, 0.15) is 0 Å². The maximum Gasteiger partial charge on any atom is 0.310 e. The first-order valence-electron chi connectivity index (χ1n) is 8.47. The molecule has 8 heteroatoms. The van der Waals surface area contributed by atoms with Crippen LogP contribution in [0.3, 0.4) is 0 Å². The Hall–Kier alpha value is -2.87. The highest BCUT2D eigenvalue weighted by molar-refractivity contribution is 7.92. The van der Waals surface area contributed by atoms with Crippen LogP contribution in [-0.4, -0.2) is 31.2 Å². The fourth-order valence-corrected chi connectivity index (χ4v) is 3.61. The number of carboxylic acid groups (broad SMARTS) is 1. The van der Waals surface area contributed by atoms with Gasteiger partial charge >= 0.3 is 5.97 Å². The normalized spacial score (nSPS) is 12.2. The SMILES string of the molecule is CCCS(=O)(=O)Nc1ccccc1C(=O)Nc1ccc(C(C)C(=O)O)cc1. The van der Waals surface area contributed by atoms with E-state index < -0.39 is 27.8 Å². The molecule has 0 fully saturated rings. The molecule has 1 unspecified atom stereocenters. The molecule has 3 N–H and O–H groups in total. The van der Waals surface area contributed by atoms with Crippen LogP contribution in [0.25, 0.3) is 0 Å². The quantitative estimate of drug-likeness (QED) is 0.640. The Morgan fingerprint density at radius 3 is 2.30 bits per heavy atom. The van der Waals surface area contributed by atoms with Gasteiger partial charge in [-0.25, -0.2) is 8.42 Å². The molecular weight excluding hydrogens is 368 g/mol. The average molecular weight is 390 g/mol. The lowest BCUT2D eigenvalue weighted by Crippen LogP contribution is -2.20. The molecule has 0 aromatic heterocycles. The number of carbonyl (C=O) groups is 2. The highest BCUT2D eigenvalue weighted by Gasteiger charge is 2.17. The van der Waals surface area contributed by atoms with Gasteiger partial charge in [0.25, 0.3) is 5.91 Å². The van der Waals surface area contributed by atoms with Crippen molar-refractivity contribution < 1.29 is 23.1 Å². The molecule has 2 rings (SSSR count). The number of amides is 1. The summed E-state index contributed by atoms with van der Waals surface area (Å²) in [7, 11) is -3.52. The molecule has 144 valence electrons. The summed E-state index contributed by atoms with van der Waals surface area (Å²) in [4.78, 5) is 23.6.